The number of carbonyl (C=O) groups excluding carboxylic acids is 1. The van der Waals surface area contributed by atoms with Gasteiger partial charge in [-0.2, -0.15) is 0 Å². The number of amides is 1. The number of rotatable bonds is 6. The summed E-state index contributed by atoms with van der Waals surface area (Å²) >= 11 is 0. The number of morpholine rings is 1. The van der Waals surface area contributed by atoms with Gasteiger partial charge in [-0.15, -0.1) is 0 Å². The van der Waals surface area contributed by atoms with Crippen molar-refractivity contribution in [2.24, 2.45) is 0 Å². The van der Waals surface area contributed by atoms with Gasteiger partial charge in [0.2, 0.25) is 5.91 Å². The van der Waals surface area contributed by atoms with Gasteiger partial charge in [-0.1, -0.05) is 37.3 Å². The van der Waals surface area contributed by atoms with Gasteiger partial charge >= 0.3 is 0 Å². The average Bonchev–Trinajstić information content (AvgIpc) is 3.11. The molecular formula is C19H24N2O3. The monoisotopic (exact) mass is 328 g/mol. The molecule has 3 rings (SSSR count). The van der Waals surface area contributed by atoms with Gasteiger partial charge in [0.05, 0.1) is 19.8 Å². The van der Waals surface area contributed by atoms with E-state index in [1.165, 1.54) is 0 Å². The maximum atomic E-state index is 13.0. The van der Waals surface area contributed by atoms with Gasteiger partial charge in [0.15, 0.2) is 0 Å². The molecule has 0 bridgehead atoms. The molecule has 1 aliphatic heterocycles. The van der Waals surface area contributed by atoms with E-state index in [0.29, 0.717) is 32.8 Å². The Balaban J connectivity index is 1.73. The molecule has 5 nitrogen and oxygen atoms in total. The van der Waals surface area contributed by atoms with Gasteiger partial charge in [-0.05, 0) is 17.7 Å². The van der Waals surface area contributed by atoms with Crippen molar-refractivity contribution in [3.05, 3.63) is 59.5 Å². The topological polar surface area (TPSA) is 54.7 Å². The van der Waals surface area contributed by atoms with Crippen molar-refractivity contribution in [3.63, 3.8) is 0 Å². The SMILES string of the molecule is CCc1ccc(CN[C@H](C(=O)N2CCOCC2)c2ccccc2)o1. The van der Waals surface area contributed by atoms with Crippen LogP contribution in [0.2, 0.25) is 0 Å². The largest absolute Gasteiger partial charge is 0.465 e. The fraction of sp³-hybridized carbons (Fsp3) is 0.421. The van der Waals surface area contributed by atoms with E-state index in [0.717, 1.165) is 23.5 Å². The fourth-order valence-corrected chi connectivity index (χ4v) is 2.87. The molecule has 0 spiro atoms. The number of nitrogens with one attached hydrogen (secondary N) is 1. The molecule has 2 heterocycles. The molecule has 1 saturated heterocycles. The number of hydrogen-bond acceptors (Lipinski definition) is 4. The summed E-state index contributed by atoms with van der Waals surface area (Å²) in [4.78, 5) is 14.8. The number of hydrogen-bond donors (Lipinski definition) is 1. The molecule has 0 radical (unpaired) electrons. The minimum Gasteiger partial charge on any atom is -0.465 e. The van der Waals surface area contributed by atoms with Gasteiger partial charge in [0.1, 0.15) is 17.6 Å². The Bertz CT molecular complexity index is 648. The first kappa shape index (κ1) is 16.7. The molecule has 5 heteroatoms. The summed E-state index contributed by atoms with van der Waals surface area (Å²) in [5, 5.41) is 3.36. The first-order valence-corrected chi connectivity index (χ1v) is 8.50. The second-order valence-electron chi connectivity index (χ2n) is 5.88. The number of nitrogens with zero attached hydrogens (tertiary/aromatic N) is 1. The molecule has 1 aromatic heterocycles. The molecule has 1 aromatic carbocycles. The zero-order valence-electron chi connectivity index (χ0n) is 14.0. The summed E-state index contributed by atoms with van der Waals surface area (Å²) in [6, 6.07) is 13.4. The Morgan fingerprint density at radius 1 is 1.12 bits per heavy atom. The third-order valence-electron chi connectivity index (χ3n) is 4.25. The first-order valence-electron chi connectivity index (χ1n) is 8.50. The van der Waals surface area contributed by atoms with Crippen LogP contribution in [0.25, 0.3) is 0 Å². The minimum atomic E-state index is -0.375. The lowest BCUT2D eigenvalue weighted by molar-refractivity contribution is -0.137. The highest BCUT2D eigenvalue weighted by Gasteiger charge is 2.27. The van der Waals surface area contributed by atoms with E-state index in [9.17, 15) is 4.79 Å². The minimum absolute atomic E-state index is 0.0896. The van der Waals surface area contributed by atoms with Crippen LogP contribution in [0.5, 0.6) is 0 Å². The highest BCUT2D eigenvalue weighted by atomic mass is 16.5. The maximum Gasteiger partial charge on any atom is 0.244 e. The molecular weight excluding hydrogens is 304 g/mol. The molecule has 1 N–H and O–H groups in total. The highest BCUT2D eigenvalue weighted by molar-refractivity contribution is 5.83. The summed E-state index contributed by atoms with van der Waals surface area (Å²) in [5.41, 5.74) is 0.969. The molecule has 128 valence electrons. The first-order chi connectivity index (χ1) is 11.8. The summed E-state index contributed by atoms with van der Waals surface area (Å²) in [6.07, 6.45) is 0.870. The average molecular weight is 328 g/mol. The van der Waals surface area contributed by atoms with E-state index in [1.54, 1.807) is 0 Å². The van der Waals surface area contributed by atoms with E-state index >= 15 is 0 Å². The zero-order valence-corrected chi connectivity index (χ0v) is 14.0. The van der Waals surface area contributed by atoms with Crippen LogP contribution in [-0.2, 0) is 22.5 Å². The van der Waals surface area contributed by atoms with E-state index in [4.69, 9.17) is 9.15 Å². The number of furan rings is 1. The van der Waals surface area contributed by atoms with E-state index in [-0.39, 0.29) is 11.9 Å². The van der Waals surface area contributed by atoms with Crippen LogP contribution in [0.1, 0.15) is 30.0 Å². The molecule has 1 aliphatic rings. The predicted molar refractivity (Wildman–Crippen MR) is 91.5 cm³/mol. The molecule has 0 aliphatic carbocycles. The Kier molecular flexibility index (Phi) is 5.67. The Morgan fingerprint density at radius 3 is 2.50 bits per heavy atom. The molecule has 0 unspecified atom stereocenters. The summed E-state index contributed by atoms with van der Waals surface area (Å²) in [7, 11) is 0. The summed E-state index contributed by atoms with van der Waals surface area (Å²) in [5.74, 6) is 1.90. The maximum absolute atomic E-state index is 13.0. The lowest BCUT2D eigenvalue weighted by atomic mass is 10.1. The van der Waals surface area contributed by atoms with Gasteiger partial charge in [0.25, 0.3) is 0 Å². The number of aryl methyl sites for hydroxylation is 1. The Hall–Kier alpha value is -2.11. The van der Waals surface area contributed by atoms with E-state index < -0.39 is 0 Å². The van der Waals surface area contributed by atoms with Crippen LogP contribution in [0.4, 0.5) is 0 Å². The second-order valence-corrected chi connectivity index (χ2v) is 5.88. The van der Waals surface area contributed by atoms with Crippen molar-refractivity contribution in [2.75, 3.05) is 26.3 Å². The summed E-state index contributed by atoms with van der Waals surface area (Å²) < 4.78 is 11.1. The van der Waals surface area contributed by atoms with Gasteiger partial charge in [-0.3, -0.25) is 10.1 Å². The third kappa shape index (κ3) is 4.04. The van der Waals surface area contributed by atoms with Crippen molar-refractivity contribution in [1.82, 2.24) is 10.2 Å². The van der Waals surface area contributed by atoms with Gasteiger partial charge < -0.3 is 14.1 Å². The van der Waals surface area contributed by atoms with Crippen molar-refractivity contribution >= 4 is 5.91 Å². The standard InChI is InChI=1S/C19H24N2O3/c1-2-16-8-9-17(24-16)14-20-18(15-6-4-3-5-7-15)19(22)21-10-12-23-13-11-21/h3-9,18,20H,2,10-14H2,1H3/t18-/m0/s1. The lowest BCUT2D eigenvalue weighted by Crippen LogP contribution is -2.46. The van der Waals surface area contributed by atoms with Crippen LogP contribution >= 0.6 is 0 Å². The molecule has 0 saturated carbocycles. The predicted octanol–water partition coefficient (Wildman–Crippen LogP) is 2.53. The smallest absolute Gasteiger partial charge is 0.244 e. The molecule has 1 amide bonds. The zero-order chi connectivity index (χ0) is 16.8. The van der Waals surface area contributed by atoms with Gasteiger partial charge in [0, 0.05) is 19.5 Å². The van der Waals surface area contributed by atoms with Gasteiger partial charge in [-0.25, -0.2) is 0 Å². The quantitative estimate of drug-likeness (QED) is 0.885. The Labute approximate surface area is 142 Å². The van der Waals surface area contributed by atoms with Crippen LogP contribution in [0.15, 0.2) is 46.9 Å². The van der Waals surface area contributed by atoms with Crippen LogP contribution in [0, 0.1) is 0 Å². The van der Waals surface area contributed by atoms with Crippen molar-refractivity contribution in [1.29, 1.82) is 0 Å². The van der Waals surface area contributed by atoms with Crippen LogP contribution < -0.4 is 5.32 Å². The second kappa shape index (κ2) is 8.13. The molecule has 1 fully saturated rings. The highest BCUT2D eigenvalue weighted by Crippen LogP contribution is 2.18. The molecule has 1 atom stereocenters. The van der Waals surface area contributed by atoms with E-state index in [1.807, 2.05) is 47.4 Å². The Morgan fingerprint density at radius 2 is 1.83 bits per heavy atom. The number of ether oxygens (including phenoxy) is 1. The molecule has 24 heavy (non-hydrogen) atoms. The van der Waals surface area contributed by atoms with Crippen molar-refractivity contribution < 1.29 is 13.9 Å². The van der Waals surface area contributed by atoms with Crippen molar-refractivity contribution in [2.45, 2.75) is 25.9 Å². The fourth-order valence-electron chi connectivity index (χ4n) is 2.87. The third-order valence-corrected chi connectivity index (χ3v) is 4.25. The summed E-state index contributed by atoms with van der Waals surface area (Å²) in [6.45, 7) is 5.08. The molecule has 2 aromatic rings. The van der Waals surface area contributed by atoms with E-state index in [2.05, 4.69) is 12.2 Å². The number of benzene rings is 1. The van der Waals surface area contributed by atoms with Crippen molar-refractivity contribution in [3.8, 4) is 0 Å². The normalized spacial score (nSPS) is 16.1. The number of carbonyl (C=O) groups is 1. The van der Waals surface area contributed by atoms with Crippen LogP contribution in [0.3, 0.4) is 0 Å². The lowest BCUT2D eigenvalue weighted by Gasteiger charge is -2.31. The van der Waals surface area contributed by atoms with Crippen LogP contribution in [-0.4, -0.2) is 37.1 Å².